The Kier molecular flexibility index (Phi) is 3.24. The zero-order chi connectivity index (χ0) is 9.84. The fourth-order valence-corrected chi connectivity index (χ4v) is 1.34. The van der Waals surface area contributed by atoms with Crippen LogP contribution in [0.5, 0.6) is 0 Å². The van der Waals surface area contributed by atoms with Crippen LogP contribution in [0.2, 0.25) is 5.15 Å². The summed E-state index contributed by atoms with van der Waals surface area (Å²) in [6, 6.07) is 5.27. The van der Waals surface area contributed by atoms with E-state index in [4.69, 9.17) is 22.6 Å². The van der Waals surface area contributed by atoms with Crippen LogP contribution in [-0.4, -0.2) is 4.98 Å². The average Bonchev–Trinajstić information content (AvgIpc) is 2.03. The number of nitrogens with two attached hydrogens (primary N) is 1. The highest BCUT2D eigenvalue weighted by Crippen LogP contribution is 2.17. The van der Waals surface area contributed by atoms with E-state index in [1.54, 1.807) is 6.07 Å². The van der Waals surface area contributed by atoms with Crippen LogP contribution in [0.1, 0.15) is 23.7 Å². The predicted octanol–water partition coefficient (Wildman–Crippen LogP) is 1.96. The molecule has 1 heterocycles. The Balaban J connectivity index is 2.95. The van der Waals surface area contributed by atoms with E-state index >= 15 is 0 Å². The number of halogens is 1. The molecule has 2 N–H and O–H groups in total. The molecule has 0 bridgehead atoms. The van der Waals surface area contributed by atoms with Crippen LogP contribution in [0.4, 0.5) is 0 Å². The molecule has 1 atom stereocenters. The van der Waals surface area contributed by atoms with E-state index in [9.17, 15) is 0 Å². The monoisotopic (exact) mass is 195 g/mol. The van der Waals surface area contributed by atoms with Crippen molar-refractivity contribution in [2.24, 2.45) is 5.73 Å². The summed E-state index contributed by atoms with van der Waals surface area (Å²) in [5.41, 5.74) is 7.41. The first-order chi connectivity index (χ1) is 6.13. The van der Waals surface area contributed by atoms with Crippen LogP contribution in [0, 0.1) is 18.3 Å². The minimum absolute atomic E-state index is 0.274. The van der Waals surface area contributed by atoms with Gasteiger partial charge in [0, 0.05) is 11.7 Å². The summed E-state index contributed by atoms with van der Waals surface area (Å²) in [5.74, 6) is 0. The van der Waals surface area contributed by atoms with Crippen molar-refractivity contribution < 1.29 is 0 Å². The molecule has 3 nitrogen and oxygen atoms in total. The van der Waals surface area contributed by atoms with Crippen LogP contribution in [-0.2, 0) is 0 Å². The Labute approximate surface area is 82.1 Å². The van der Waals surface area contributed by atoms with Gasteiger partial charge in [-0.25, -0.2) is 4.98 Å². The first kappa shape index (κ1) is 9.97. The van der Waals surface area contributed by atoms with Crippen LogP contribution >= 0.6 is 11.6 Å². The molecule has 1 aromatic rings. The molecule has 13 heavy (non-hydrogen) atoms. The Morgan fingerprint density at radius 3 is 2.92 bits per heavy atom. The highest BCUT2D eigenvalue weighted by Gasteiger charge is 2.06. The normalized spacial score (nSPS) is 12.2. The Hall–Kier alpha value is -1.11. The quantitative estimate of drug-likeness (QED) is 0.734. The van der Waals surface area contributed by atoms with Gasteiger partial charge in [-0.1, -0.05) is 11.6 Å². The van der Waals surface area contributed by atoms with Crippen LogP contribution in [0.3, 0.4) is 0 Å². The molecule has 0 aliphatic carbocycles. The van der Waals surface area contributed by atoms with Crippen LogP contribution < -0.4 is 5.73 Å². The molecule has 1 unspecified atom stereocenters. The first-order valence-electron chi connectivity index (χ1n) is 3.90. The Morgan fingerprint density at radius 1 is 1.69 bits per heavy atom. The number of nitriles is 1. The molecule has 1 rings (SSSR count). The van der Waals surface area contributed by atoms with Crippen molar-refractivity contribution in [2.75, 3.05) is 0 Å². The van der Waals surface area contributed by atoms with Crippen molar-refractivity contribution in [1.29, 1.82) is 5.26 Å². The lowest BCUT2D eigenvalue weighted by atomic mass is 10.1. The minimum Gasteiger partial charge on any atom is -0.323 e. The maximum atomic E-state index is 8.46. The van der Waals surface area contributed by atoms with Crippen molar-refractivity contribution in [3.05, 3.63) is 28.5 Å². The minimum atomic E-state index is -0.274. The summed E-state index contributed by atoms with van der Waals surface area (Å²) in [6.45, 7) is 1.84. The van der Waals surface area contributed by atoms with Gasteiger partial charge in [0.1, 0.15) is 5.15 Å². The highest BCUT2D eigenvalue weighted by atomic mass is 35.5. The second-order valence-corrected chi connectivity index (χ2v) is 3.22. The summed E-state index contributed by atoms with van der Waals surface area (Å²) in [7, 11) is 0. The molecule has 0 spiro atoms. The van der Waals surface area contributed by atoms with E-state index in [0.29, 0.717) is 11.6 Å². The summed E-state index contributed by atoms with van der Waals surface area (Å²) in [5, 5.41) is 8.88. The predicted molar refractivity (Wildman–Crippen MR) is 51.1 cm³/mol. The van der Waals surface area contributed by atoms with Crippen molar-refractivity contribution >= 4 is 11.6 Å². The number of aryl methyl sites for hydroxylation is 1. The molecule has 0 saturated carbocycles. The molecule has 4 heteroatoms. The van der Waals surface area contributed by atoms with Crippen molar-refractivity contribution in [1.82, 2.24) is 4.98 Å². The zero-order valence-corrected chi connectivity index (χ0v) is 8.04. The van der Waals surface area contributed by atoms with Crippen molar-refractivity contribution in [3.63, 3.8) is 0 Å². The highest BCUT2D eigenvalue weighted by molar-refractivity contribution is 6.29. The van der Waals surface area contributed by atoms with Gasteiger partial charge in [0.15, 0.2) is 0 Å². The van der Waals surface area contributed by atoms with Gasteiger partial charge in [-0.05, 0) is 24.6 Å². The number of aromatic nitrogens is 1. The van der Waals surface area contributed by atoms with E-state index in [1.165, 1.54) is 0 Å². The van der Waals surface area contributed by atoms with Gasteiger partial charge in [0.25, 0.3) is 0 Å². The molecule has 0 amide bonds. The SMILES string of the molecule is Cc1cc(C(N)CC#N)cc(Cl)n1. The molecular formula is C9H10ClN3. The van der Waals surface area contributed by atoms with E-state index in [1.807, 2.05) is 19.1 Å². The fraction of sp³-hybridized carbons (Fsp3) is 0.333. The summed E-state index contributed by atoms with van der Waals surface area (Å²) < 4.78 is 0. The van der Waals surface area contributed by atoms with E-state index in [2.05, 4.69) is 4.98 Å². The maximum Gasteiger partial charge on any atom is 0.129 e. The standard InChI is InChI=1S/C9H10ClN3/c1-6-4-7(5-9(10)13-6)8(12)2-3-11/h4-5,8H,2,12H2,1H3. The largest absolute Gasteiger partial charge is 0.323 e. The maximum absolute atomic E-state index is 8.46. The Morgan fingerprint density at radius 2 is 2.38 bits per heavy atom. The summed E-state index contributed by atoms with van der Waals surface area (Å²) >= 11 is 5.74. The molecule has 0 aliphatic rings. The van der Waals surface area contributed by atoms with Gasteiger partial charge in [-0.15, -0.1) is 0 Å². The smallest absolute Gasteiger partial charge is 0.129 e. The zero-order valence-electron chi connectivity index (χ0n) is 7.29. The van der Waals surface area contributed by atoms with Gasteiger partial charge < -0.3 is 5.73 Å². The third kappa shape index (κ3) is 2.69. The second-order valence-electron chi connectivity index (χ2n) is 2.83. The lowest BCUT2D eigenvalue weighted by Gasteiger charge is -2.08. The molecule has 0 saturated heterocycles. The van der Waals surface area contributed by atoms with E-state index < -0.39 is 0 Å². The van der Waals surface area contributed by atoms with Crippen molar-refractivity contribution in [2.45, 2.75) is 19.4 Å². The van der Waals surface area contributed by atoms with E-state index in [0.717, 1.165) is 11.3 Å². The van der Waals surface area contributed by atoms with Gasteiger partial charge in [-0.3, -0.25) is 0 Å². The topological polar surface area (TPSA) is 62.7 Å². The molecule has 68 valence electrons. The van der Waals surface area contributed by atoms with Gasteiger partial charge >= 0.3 is 0 Å². The fourth-order valence-electron chi connectivity index (χ4n) is 1.08. The molecule has 0 fully saturated rings. The lowest BCUT2D eigenvalue weighted by Crippen LogP contribution is -2.09. The molecule has 0 radical (unpaired) electrons. The number of nitrogens with zero attached hydrogens (tertiary/aromatic N) is 2. The summed E-state index contributed by atoms with van der Waals surface area (Å²) in [4.78, 5) is 4.00. The lowest BCUT2D eigenvalue weighted by molar-refractivity contribution is 0.745. The van der Waals surface area contributed by atoms with Gasteiger partial charge in [0.2, 0.25) is 0 Å². The molecule has 1 aromatic heterocycles. The van der Waals surface area contributed by atoms with Crippen LogP contribution in [0.25, 0.3) is 0 Å². The number of pyridine rings is 1. The molecule has 0 aromatic carbocycles. The number of hydrogen-bond acceptors (Lipinski definition) is 3. The third-order valence-electron chi connectivity index (χ3n) is 1.68. The Bertz CT molecular complexity index is 323. The molecule has 0 aliphatic heterocycles. The van der Waals surface area contributed by atoms with E-state index in [-0.39, 0.29) is 6.04 Å². The van der Waals surface area contributed by atoms with Gasteiger partial charge in [-0.2, -0.15) is 5.26 Å². The average molecular weight is 196 g/mol. The summed E-state index contributed by atoms with van der Waals surface area (Å²) in [6.07, 6.45) is 0.291. The molecular weight excluding hydrogens is 186 g/mol. The van der Waals surface area contributed by atoms with Crippen LogP contribution in [0.15, 0.2) is 12.1 Å². The van der Waals surface area contributed by atoms with Gasteiger partial charge in [0.05, 0.1) is 12.5 Å². The second kappa shape index (κ2) is 4.22. The third-order valence-corrected chi connectivity index (χ3v) is 1.88. The number of rotatable bonds is 2. The first-order valence-corrected chi connectivity index (χ1v) is 4.28. The van der Waals surface area contributed by atoms with Crippen molar-refractivity contribution in [3.8, 4) is 6.07 Å². The number of hydrogen-bond donors (Lipinski definition) is 1.